The number of carbonyl (C=O) groups is 1. The minimum absolute atomic E-state index is 0.124. The summed E-state index contributed by atoms with van der Waals surface area (Å²) in [6, 6.07) is 14.1. The molecule has 26 heavy (non-hydrogen) atoms. The summed E-state index contributed by atoms with van der Waals surface area (Å²) in [6.45, 7) is 3.71. The molecule has 2 unspecified atom stereocenters. The van der Waals surface area contributed by atoms with Crippen molar-refractivity contribution in [3.63, 3.8) is 0 Å². The first-order valence-electron chi connectivity index (χ1n) is 8.62. The molecule has 2 atom stereocenters. The number of nitrogens with zero attached hydrogens (tertiary/aromatic N) is 1. The molecule has 0 aliphatic carbocycles. The van der Waals surface area contributed by atoms with Gasteiger partial charge in [0.15, 0.2) is 0 Å². The molecular weight excluding hydrogens is 354 g/mol. The van der Waals surface area contributed by atoms with E-state index in [4.69, 9.17) is 16.3 Å². The number of benzene rings is 2. The number of carbonyl (C=O) groups excluding carboxylic acids is 1. The van der Waals surface area contributed by atoms with Gasteiger partial charge in [-0.15, -0.1) is 0 Å². The number of hydrogen-bond donors (Lipinski definition) is 0. The molecule has 0 radical (unpaired) electrons. The normalized spacial score (nSPS) is 13.0. The van der Waals surface area contributed by atoms with Crippen molar-refractivity contribution < 1.29 is 14.5 Å². The lowest BCUT2D eigenvalue weighted by Gasteiger charge is -2.18. The zero-order valence-electron chi connectivity index (χ0n) is 14.9. The van der Waals surface area contributed by atoms with Crippen LogP contribution in [0.5, 0.6) is 0 Å². The standard InChI is InChI=1S/C20H22ClNO4/c1-3-18(22(24)25)13-19(20(23)26-4-2)15-10-8-14(9-11-15)16-6-5-7-17(21)12-16/h5-12,18-19H,3-4,13H2,1-2H3. The third-order valence-corrected chi connectivity index (χ3v) is 4.55. The third-order valence-electron chi connectivity index (χ3n) is 4.32. The summed E-state index contributed by atoms with van der Waals surface area (Å²) in [7, 11) is 0. The van der Waals surface area contributed by atoms with Crippen LogP contribution in [-0.2, 0) is 9.53 Å². The van der Waals surface area contributed by atoms with Gasteiger partial charge in [-0.25, -0.2) is 0 Å². The Balaban J connectivity index is 2.29. The summed E-state index contributed by atoms with van der Waals surface area (Å²) in [6.07, 6.45) is 0.488. The van der Waals surface area contributed by atoms with Crippen molar-refractivity contribution in [2.75, 3.05) is 6.61 Å². The molecule has 0 aliphatic heterocycles. The zero-order valence-corrected chi connectivity index (χ0v) is 15.6. The van der Waals surface area contributed by atoms with E-state index in [9.17, 15) is 14.9 Å². The Labute approximate surface area is 158 Å². The summed E-state index contributed by atoms with van der Waals surface area (Å²) >= 11 is 6.03. The Hall–Kier alpha value is -2.40. The molecule has 2 aromatic carbocycles. The fraction of sp³-hybridized carbons (Fsp3) is 0.350. The smallest absolute Gasteiger partial charge is 0.313 e. The Morgan fingerprint density at radius 1 is 1.15 bits per heavy atom. The van der Waals surface area contributed by atoms with Gasteiger partial charge < -0.3 is 4.74 Å². The monoisotopic (exact) mass is 375 g/mol. The molecule has 0 amide bonds. The summed E-state index contributed by atoms with van der Waals surface area (Å²) in [5.74, 6) is -1.08. The fourth-order valence-electron chi connectivity index (χ4n) is 2.86. The van der Waals surface area contributed by atoms with E-state index < -0.39 is 17.9 Å². The predicted molar refractivity (Wildman–Crippen MR) is 102 cm³/mol. The summed E-state index contributed by atoms with van der Waals surface area (Å²) in [5.41, 5.74) is 2.64. The molecule has 0 heterocycles. The first-order valence-corrected chi connectivity index (χ1v) is 9.00. The molecule has 138 valence electrons. The fourth-order valence-corrected chi connectivity index (χ4v) is 3.05. The van der Waals surface area contributed by atoms with Crippen LogP contribution in [0.25, 0.3) is 11.1 Å². The van der Waals surface area contributed by atoms with Gasteiger partial charge in [-0.05, 0) is 35.7 Å². The molecule has 0 spiro atoms. The van der Waals surface area contributed by atoms with Crippen LogP contribution < -0.4 is 0 Å². The Bertz CT molecular complexity index is 761. The maximum absolute atomic E-state index is 12.4. The van der Waals surface area contributed by atoms with Crippen molar-refractivity contribution in [3.8, 4) is 11.1 Å². The van der Waals surface area contributed by atoms with Crippen molar-refractivity contribution in [1.82, 2.24) is 0 Å². The number of esters is 1. The molecule has 0 fully saturated rings. The highest BCUT2D eigenvalue weighted by molar-refractivity contribution is 6.30. The van der Waals surface area contributed by atoms with Crippen LogP contribution in [-0.4, -0.2) is 23.5 Å². The minimum atomic E-state index is -0.781. The van der Waals surface area contributed by atoms with Gasteiger partial charge in [-0.1, -0.05) is 54.9 Å². The van der Waals surface area contributed by atoms with Crippen molar-refractivity contribution in [1.29, 1.82) is 0 Å². The molecule has 5 nitrogen and oxygen atoms in total. The first kappa shape index (κ1) is 19.9. The predicted octanol–water partition coefficient (Wildman–Crippen LogP) is 5.10. The third kappa shape index (κ3) is 5.05. The lowest BCUT2D eigenvalue weighted by molar-refractivity contribution is -0.524. The minimum Gasteiger partial charge on any atom is -0.466 e. The molecule has 0 saturated heterocycles. The van der Waals surface area contributed by atoms with Gasteiger partial charge in [0.05, 0.1) is 12.5 Å². The quantitative estimate of drug-likeness (QED) is 0.365. The number of rotatable bonds is 8. The largest absolute Gasteiger partial charge is 0.466 e. The van der Waals surface area contributed by atoms with Gasteiger partial charge >= 0.3 is 5.97 Å². The summed E-state index contributed by atoms with van der Waals surface area (Å²) < 4.78 is 5.14. The van der Waals surface area contributed by atoms with Crippen LogP contribution >= 0.6 is 11.6 Å². The number of nitro groups is 1. The Morgan fingerprint density at radius 3 is 2.38 bits per heavy atom. The van der Waals surface area contributed by atoms with Gasteiger partial charge in [0.25, 0.3) is 0 Å². The molecule has 0 saturated carbocycles. The lowest BCUT2D eigenvalue weighted by atomic mass is 9.90. The second-order valence-electron chi connectivity index (χ2n) is 6.02. The van der Waals surface area contributed by atoms with E-state index in [0.717, 1.165) is 16.7 Å². The van der Waals surface area contributed by atoms with E-state index in [-0.39, 0.29) is 18.0 Å². The average molecular weight is 376 g/mol. The van der Waals surface area contributed by atoms with Crippen LogP contribution in [0.3, 0.4) is 0 Å². The van der Waals surface area contributed by atoms with E-state index in [1.807, 2.05) is 42.5 Å². The van der Waals surface area contributed by atoms with Crippen LogP contribution in [0.2, 0.25) is 5.02 Å². The Kier molecular flexibility index (Phi) is 7.16. The average Bonchev–Trinajstić information content (AvgIpc) is 2.62. The molecule has 2 aromatic rings. The Morgan fingerprint density at radius 2 is 1.85 bits per heavy atom. The van der Waals surface area contributed by atoms with E-state index >= 15 is 0 Å². The zero-order chi connectivity index (χ0) is 19.1. The molecule has 6 heteroatoms. The highest BCUT2D eigenvalue weighted by Crippen LogP contribution is 2.29. The maximum atomic E-state index is 12.4. The van der Waals surface area contributed by atoms with Crippen LogP contribution in [0, 0.1) is 10.1 Å². The van der Waals surface area contributed by atoms with Crippen molar-refractivity contribution in [2.45, 2.75) is 38.6 Å². The number of ether oxygens (including phenoxy) is 1. The summed E-state index contributed by atoms with van der Waals surface area (Å²) in [4.78, 5) is 23.2. The number of hydrogen-bond acceptors (Lipinski definition) is 4. The molecule has 0 bridgehead atoms. The van der Waals surface area contributed by atoms with Gasteiger partial charge in [-0.2, -0.15) is 0 Å². The van der Waals surface area contributed by atoms with Crippen LogP contribution in [0.1, 0.15) is 38.2 Å². The highest BCUT2D eigenvalue weighted by Gasteiger charge is 2.30. The van der Waals surface area contributed by atoms with Crippen molar-refractivity contribution >= 4 is 17.6 Å². The maximum Gasteiger partial charge on any atom is 0.313 e. The van der Waals surface area contributed by atoms with E-state index in [1.165, 1.54) is 0 Å². The first-order chi connectivity index (χ1) is 12.5. The second kappa shape index (κ2) is 9.34. The molecule has 2 rings (SSSR count). The van der Waals surface area contributed by atoms with E-state index in [2.05, 4.69) is 0 Å². The molecule has 0 aromatic heterocycles. The summed E-state index contributed by atoms with van der Waals surface area (Å²) in [5, 5.41) is 11.8. The van der Waals surface area contributed by atoms with Gasteiger partial charge in [0.1, 0.15) is 0 Å². The van der Waals surface area contributed by atoms with Crippen molar-refractivity contribution in [3.05, 3.63) is 69.2 Å². The van der Waals surface area contributed by atoms with Gasteiger partial charge in [0, 0.05) is 22.8 Å². The van der Waals surface area contributed by atoms with E-state index in [1.54, 1.807) is 19.9 Å². The van der Waals surface area contributed by atoms with E-state index in [0.29, 0.717) is 11.4 Å². The molecule has 0 aliphatic rings. The van der Waals surface area contributed by atoms with Crippen molar-refractivity contribution in [2.24, 2.45) is 0 Å². The van der Waals surface area contributed by atoms with Gasteiger partial charge in [0.2, 0.25) is 6.04 Å². The number of halogens is 1. The molecule has 0 N–H and O–H groups in total. The topological polar surface area (TPSA) is 69.4 Å². The van der Waals surface area contributed by atoms with Gasteiger partial charge in [-0.3, -0.25) is 14.9 Å². The van der Waals surface area contributed by atoms with Crippen LogP contribution in [0.15, 0.2) is 48.5 Å². The highest BCUT2D eigenvalue weighted by atomic mass is 35.5. The van der Waals surface area contributed by atoms with Crippen LogP contribution in [0.4, 0.5) is 0 Å². The molecular formula is C20H22ClNO4. The second-order valence-corrected chi connectivity index (χ2v) is 6.46. The SMILES string of the molecule is CCOC(=O)C(CC(CC)[N+](=O)[O-])c1ccc(-c2cccc(Cl)c2)cc1. The lowest BCUT2D eigenvalue weighted by Crippen LogP contribution is -2.26.